The highest BCUT2D eigenvalue weighted by molar-refractivity contribution is 5.01. The number of hydrogen-bond donors (Lipinski definition) is 1. The predicted molar refractivity (Wildman–Crippen MR) is 73.7 cm³/mol. The second-order valence-electron chi connectivity index (χ2n) is 4.62. The monoisotopic (exact) mass is 262 g/mol. The molecule has 2 aromatic heterocycles. The summed E-state index contributed by atoms with van der Waals surface area (Å²) >= 11 is 0. The van der Waals surface area contributed by atoms with Gasteiger partial charge in [-0.1, -0.05) is 13.8 Å². The molecule has 0 aliphatic carbocycles. The molecule has 6 nitrogen and oxygen atoms in total. The molecule has 0 aliphatic heterocycles. The van der Waals surface area contributed by atoms with Gasteiger partial charge in [-0.25, -0.2) is 9.67 Å². The maximum absolute atomic E-state index is 4.64. The zero-order chi connectivity index (χ0) is 13.7. The SMILES string of the molecule is CCC(CC)n1ccc(Cn2ncnc2CNC)n1. The molecular weight excluding hydrogens is 240 g/mol. The molecule has 0 fully saturated rings. The van der Waals surface area contributed by atoms with E-state index in [2.05, 4.69) is 51.3 Å². The van der Waals surface area contributed by atoms with Gasteiger partial charge in [-0.2, -0.15) is 10.2 Å². The quantitative estimate of drug-likeness (QED) is 0.823. The van der Waals surface area contributed by atoms with Crippen LogP contribution in [0, 0.1) is 0 Å². The van der Waals surface area contributed by atoms with Crippen molar-refractivity contribution in [3.63, 3.8) is 0 Å². The second kappa shape index (κ2) is 6.47. The molecule has 0 aromatic carbocycles. The molecule has 1 N–H and O–H groups in total. The Morgan fingerprint density at radius 3 is 2.79 bits per heavy atom. The van der Waals surface area contributed by atoms with E-state index in [1.165, 1.54) is 0 Å². The Kier molecular flexibility index (Phi) is 4.68. The van der Waals surface area contributed by atoms with E-state index >= 15 is 0 Å². The van der Waals surface area contributed by atoms with E-state index in [1.807, 2.05) is 11.7 Å². The Morgan fingerprint density at radius 1 is 1.32 bits per heavy atom. The number of nitrogens with zero attached hydrogens (tertiary/aromatic N) is 5. The van der Waals surface area contributed by atoms with Crippen molar-refractivity contribution >= 4 is 0 Å². The van der Waals surface area contributed by atoms with Gasteiger partial charge in [-0.05, 0) is 26.0 Å². The molecule has 0 aliphatic rings. The smallest absolute Gasteiger partial charge is 0.141 e. The average molecular weight is 262 g/mol. The predicted octanol–water partition coefficient (Wildman–Crippen LogP) is 1.60. The molecule has 104 valence electrons. The first kappa shape index (κ1) is 13.7. The first-order valence-electron chi connectivity index (χ1n) is 6.83. The Morgan fingerprint density at radius 2 is 2.11 bits per heavy atom. The molecule has 0 bridgehead atoms. The van der Waals surface area contributed by atoms with Crippen LogP contribution < -0.4 is 5.32 Å². The van der Waals surface area contributed by atoms with E-state index < -0.39 is 0 Å². The van der Waals surface area contributed by atoms with Crippen LogP contribution in [0.3, 0.4) is 0 Å². The first-order chi connectivity index (χ1) is 9.28. The van der Waals surface area contributed by atoms with Crippen molar-refractivity contribution in [1.82, 2.24) is 29.9 Å². The fourth-order valence-electron chi connectivity index (χ4n) is 2.20. The molecule has 0 radical (unpaired) electrons. The van der Waals surface area contributed by atoms with E-state index in [9.17, 15) is 0 Å². The molecule has 0 saturated heterocycles. The number of nitrogens with one attached hydrogen (secondary N) is 1. The molecule has 6 heteroatoms. The number of aromatic nitrogens is 5. The zero-order valence-electron chi connectivity index (χ0n) is 11.9. The standard InChI is InChI=1S/C13H22N6/c1-4-12(5-2)18-7-6-11(17-18)9-19-13(8-14-3)15-10-16-19/h6-7,10,12,14H,4-5,8-9H2,1-3H3. The Balaban J connectivity index is 2.09. The molecule has 2 heterocycles. The summed E-state index contributed by atoms with van der Waals surface area (Å²) in [4.78, 5) is 4.23. The lowest BCUT2D eigenvalue weighted by Gasteiger charge is -2.12. The maximum Gasteiger partial charge on any atom is 0.141 e. The maximum atomic E-state index is 4.64. The molecule has 19 heavy (non-hydrogen) atoms. The van der Waals surface area contributed by atoms with Gasteiger partial charge in [-0.15, -0.1) is 0 Å². The van der Waals surface area contributed by atoms with E-state index in [1.54, 1.807) is 6.33 Å². The second-order valence-corrected chi connectivity index (χ2v) is 4.62. The Labute approximate surface area is 113 Å². The summed E-state index contributed by atoms with van der Waals surface area (Å²) in [6.07, 6.45) is 5.85. The van der Waals surface area contributed by atoms with Crippen LogP contribution in [0.25, 0.3) is 0 Å². The highest BCUT2D eigenvalue weighted by Gasteiger charge is 2.10. The minimum Gasteiger partial charge on any atom is -0.313 e. The van der Waals surface area contributed by atoms with Crippen molar-refractivity contribution in [3.8, 4) is 0 Å². The van der Waals surface area contributed by atoms with Crippen LogP contribution in [-0.4, -0.2) is 31.6 Å². The van der Waals surface area contributed by atoms with Crippen molar-refractivity contribution in [2.75, 3.05) is 7.05 Å². The van der Waals surface area contributed by atoms with Crippen LogP contribution in [0.4, 0.5) is 0 Å². The summed E-state index contributed by atoms with van der Waals surface area (Å²) in [6, 6.07) is 2.55. The van der Waals surface area contributed by atoms with Crippen LogP contribution in [0.5, 0.6) is 0 Å². The summed E-state index contributed by atoms with van der Waals surface area (Å²) in [5, 5.41) is 12.0. The van der Waals surface area contributed by atoms with Crippen molar-refractivity contribution in [3.05, 3.63) is 30.1 Å². The van der Waals surface area contributed by atoms with E-state index in [0.29, 0.717) is 19.1 Å². The lowest BCUT2D eigenvalue weighted by molar-refractivity contribution is 0.423. The van der Waals surface area contributed by atoms with Crippen molar-refractivity contribution in [2.45, 2.75) is 45.8 Å². The van der Waals surface area contributed by atoms with Gasteiger partial charge < -0.3 is 5.32 Å². The van der Waals surface area contributed by atoms with E-state index in [0.717, 1.165) is 24.4 Å². The average Bonchev–Trinajstić information content (AvgIpc) is 3.03. The summed E-state index contributed by atoms with van der Waals surface area (Å²) in [6.45, 7) is 5.77. The molecule has 2 aromatic rings. The normalized spacial score (nSPS) is 11.4. The lowest BCUT2D eigenvalue weighted by Crippen LogP contribution is -2.14. The van der Waals surface area contributed by atoms with Crippen LogP contribution >= 0.6 is 0 Å². The number of rotatable bonds is 7. The third kappa shape index (κ3) is 3.20. The minimum absolute atomic E-state index is 0.487. The van der Waals surface area contributed by atoms with E-state index in [-0.39, 0.29) is 0 Å². The molecule has 0 spiro atoms. The van der Waals surface area contributed by atoms with Gasteiger partial charge in [-0.3, -0.25) is 4.68 Å². The van der Waals surface area contributed by atoms with E-state index in [4.69, 9.17) is 0 Å². The van der Waals surface area contributed by atoms with Crippen LogP contribution in [0.1, 0.15) is 44.2 Å². The number of hydrogen-bond acceptors (Lipinski definition) is 4. The summed E-state index contributed by atoms with van der Waals surface area (Å²) in [7, 11) is 1.90. The first-order valence-corrected chi connectivity index (χ1v) is 6.83. The molecule has 0 saturated carbocycles. The van der Waals surface area contributed by atoms with Gasteiger partial charge in [0, 0.05) is 6.20 Å². The largest absolute Gasteiger partial charge is 0.313 e. The third-order valence-electron chi connectivity index (χ3n) is 3.32. The van der Waals surface area contributed by atoms with Crippen LogP contribution in [0.15, 0.2) is 18.6 Å². The van der Waals surface area contributed by atoms with Gasteiger partial charge in [0.1, 0.15) is 12.2 Å². The summed E-state index contributed by atoms with van der Waals surface area (Å²) in [5.41, 5.74) is 1.02. The van der Waals surface area contributed by atoms with Crippen molar-refractivity contribution in [2.24, 2.45) is 0 Å². The minimum atomic E-state index is 0.487. The highest BCUT2D eigenvalue weighted by atomic mass is 15.4. The fourth-order valence-corrected chi connectivity index (χ4v) is 2.20. The molecule has 2 rings (SSSR count). The van der Waals surface area contributed by atoms with Gasteiger partial charge in [0.15, 0.2) is 0 Å². The van der Waals surface area contributed by atoms with Gasteiger partial charge >= 0.3 is 0 Å². The van der Waals surface area contributed by atoms with Crippen LogP contribution in [-0.2, 0) is 13.1 Å². The van der Waals surface area contributed by atoms with Crippen molar-refractivity contribution in [1.29, 1.82) is 0 Å². The zero-order valence-corrected chi connectivity index (χ0v) is 11.9. The van der Waals surface area contributed by atoms with Crippen LogP contribution in [0.2, 0.25) is 0 Å². The topological polar surface area (TPSA) is 60.6 Å². The Bertz CT molecular complexity index is 497. The van der Waals surface area contributed by atoms with Gasteiger partial charge in [0.2, 0.25) is 0 Å². The fraction of sp³-hybridized carbons (Fsp3) is 0.615. The third-order valence-corrected chi connectivity index (χ3v) is 3.32. The van der Waals surface area contributed by atoms with Crippen molar-refractivity contribution < 1.29 is 0 Å². The molecule has 0 amide bonds. The molecular formula is C13H22N6. The lowest BCUT2D eigenvalue weighted by atomic mass is 10.2. The highest BCUT2D eigenvalue weighted by Crippen LogP contribution is 2.14. The summed E-state index contributed by atoms with van der Waals surface area (Å²) in [5.74, 6) is 0.930. The Hall–Kier alpha value is -1.69. The van der Waals surface area contributed by atoms with Gasteiger partial charge in [0.05, 0.1) is 24.8 Å². The summed E-state index contributed by atoms with van der Waals surface area (Å²) < 4.78 is 3.94. The molecule has 0 unspecified atom stereocenters. The van der Waals surface area contributed by atoms with Gasteiger partial charge in [0.25, 0.3) is 0 Å². The molecule has 0 atom stereocenters.